The van der Waals surface area contributed by atoms with Crippen LogP contribution in [0.4, 0.5) is 0 Å². The molecule has 1 aromatic carbocycles. The van der Waals surface area contributed by atoms with Gasteiger partial charge in [0.15, 0.2) is 0 Å². The lowest BCUT2D eigenvalue weighted by Gasteiger charge is -2.26. The highest BCUT2D eigenvalue weighted by Gasteiger charge is 2.34. The molecule has 1 aliphatic carbocycles. The van der Waals surface area contributed by atoms with Crippen molar-refractivity contribution in [2.24, 2.45) is 17.6 Å². The van der Waals surface area contributed by atoms with Crippen molar-refractivity contribution in [3.63, 3.8) is 0 Å². The number of hydrogen-bond donors (Lipinski definition) is 1. The van der Waals surface area contributed by atoms with Gasteiger partial charge in [0.1, 0.15) is 5.58 Å². The second kappa shape index (κ2) is 4.99. The summed E-state index contributed by atoms with van der Waals surface area (Å²) in [6.07, 6.45) is 3.22. The smallest absolute Gasteiger partial charge is 0.134 e. The maximum absolute atomic E-state index is 6.00. The molecule has 1 fully saturated rings. The molecule has 2 N–H and O–H groups in total. The van der Waals surface area contributed by atoms with E-state index in [1.807, 2.05) is 18.4 Å². The molecule has 2 aromatic rings. The molecular formula is C16H22N2O. The minimum absolute atomic E-state index is 0.247. The molecule has 1 aromatic heterocycles. The summed E-state index contributed by atoms with van der Waals surface area (Å²) in [6, 6.07) is 8.43. The van der Waals surface area contributed by atoms with Crippen molar-refractivity contribution in [1.29, 1.82) is 0 Å². The highest BCUT2D eigenvalue weighted by atomic mass is 16.3. The van der Waals surface area contributed by atoms with Crippen LogP contribution in [0.5, 0.6) is 0 Å². The summed E-state index contributed by atoms with van der Waals surface area (Å²) >= 11 is 0. The largest absolute Gasteiger partial charge is 0.464 e. The third-order valence-corrected chi connectivity index (χ3v) is 4.42. The molecular weight excluding hydrogens is 236 g/mol. The molecule has 3 heteroatoms. The van der Waals surface area contributed by atoms with Crippen LogP contribution in [-0.4, -0.2) is 25.0 Å². The van der Waals surface area contributed by atoms with Crippen molar-refractivity contribution in [3.05, 3.63) is 36.1 Å². The Bertz CT molecular complexity index is 563. The SMILES string of the molecule is CC1CC1CN(C)C(CN)c1coc2ccccc12. The van der Waals surface area contributed by atoms with Gasteiger partial charge in [-0.15, -0.1) is 0 Å². The van der Waals surface area contributed by atoms with E-state index in [1.54, 1.807) is 0 Å². The summed E-state index contributed by atoms with van der Waals surface area (Å²) in [4.78, 5) is 2.38. The number of furan rings is 1. The Balaban J connectivity index is 1.84. The first-order valence-corrected chi connectivity index (χ1v) is 7.07. The first kappa shape index (κ1) is 12.7. The van der Waals surface area contributed by atoms with Crippen LogP contribution in [0.15, 0.2) is 34.9 Å². The Morgan fingerprint density at radius 1 is 1.42 bits per heavy atom. The zero-order chi connectivity index (χ0) is 13.4. The van der Waals surface area contributed by atoms with E-state index >= 15 is 0 Å². The van der Waals surface area contributed by atoms with Gasteiger partial charge in [-0.25, -0.2) is 0 Å². The fraction of sp³-hybridized carbons (Fsp3) is 0.500. The Morgan fingerprint density at radius 2 is 2.16 bits per heavy atom. The van der Waals surface area contributed by atoms with Crippen molar-refractivity contribution in [2.45, 2.75) is 19.4 Å². The predicted molar refractivity (Wildman–Crippen MR) is 77.9 cm³/mol. The summed E-state index contributed by atoms with van der Waals surface area (Å²) in [6.45, 7) is 4.08. The standard InChI is InChI=1S/C16H22N2O/c1-11-7-12(11)9-18(2)15(8-17)14-10-19-16-6-4-3-5-13(14)16/h3-6,10-12,15H,7-9,17H2,1-2H3. The summed E-state index contributed by atoms with van der Waals surface area (Å²) in [7, 11) is 2.17. The average Bonchev–Trinajstić information content (AvgIpc) is 2.94. The van der Waals surface area contributed by atoms with Crippen molar-refractivity contribution in [2.75, 3.05) is 20.1 Å². The molecule has 0 bridgehead atoms. The number of fused-ring (bicyclic) bond motifs is 1. The van der Waals surface area contributed by atoms with Gasteiger partial charge in [-0.2, -0.15) is 0 Å². The van der Waals surface area contributed by atoms with E-state index in [2.05, 4.69) is 31.0 Å². The molecule has 1 saturated carbocycles. The summed E-state index contributed by atoms with van der Waals surface area (Å²) < 4.78 is 5.64. The van der Waals surface area contributed by atoms with Crippen LogP contribution in [0.25, 0.3) is 11.0 Å². The molecule has 3 nitrogen and oxygen atoms in total. The van der Waals surface area contributed by atoms with Gasteiger partial charge in [-0.3, -0.25) is 4.90 Å². The van der Waals surface area contributed by atoms with Gasteiger partial charge >= 0.3 is 0 Å². The second-order valence-corrected chi connectivity index (χ2v) is 5.85. The maximum Gasteiger partial charge on any atom is 0.134 e. The van der Waals surface area contributed by atoms with E-state index in [0.29, 0.717) is 6.54 Å². The fourth-order valence-electron chi connectivity index (χ4n) is 2.95. The van der Waals surface area contributed by atoms with Crippen molar-refractivity contribution >= 4 is 11.0 Å². The Kier molecular flexibility index (Phi) is 3.33. The lowest BCUT2D eigenvalue weighted by molar-refractivity contribution is 0.237. The zero-order valence-corrected chi connectivity index (χ0v) is 11.7. The summed E-state index contributed by atoms with van der Waals surface area (Å²) in [5.74, 6) is 1.72. The average molecular weight is 258 g/mol. The van der Waals surface area contributed by atoms with Crippen LogP contribution in [-0.2, 0) is 0 Å². The Morgan fingerprint density at radius 3 is 2.84 bits per heavy atom. The van der Waals surface area contributed by atoms with Crippen molar-refractivity contribution in [1.82, 2.24) is 4.90 Å². The van der Waals surface area contributed by atoms with Gasteiger partial charge in [0.05, 0.1) is 12.3 Å². The van der Waals surface area contributed by atoms with Crippen molar-refractivity contribution < 1.29 is 4.42 Å². The lowest BCUT2D eigenvalue weighted by Crippen LogP contribution is -2.32. The third kappa shape index (κ3) is 2.40. The molecule has 1 heterocycles. The molecule has 3 atom stereocenters. The molecule has 1 aliphatic rings. The van der Waals surface area contributed by atoms with Gasteiger partial charge in [0.2, 0.25) is 0 Å². The minimum atomic E-state index is 0.247. The third-order valence-electron chi connectivity index (χ3n) is 4.42. The van der Waals surface area contributed by atoms with E-state index in [4.69, 9.17) is 10.2 Å². The van der Waals surface area contributed by atoms with Crippen LogP contribution in [0, 0.1) is 11.8 Å². The highest BCUT2D eigenvalue weighted by molar-refractivity contribution is 5.81. The molecule has 0 spiro atoms. The van der Waals surface area contributed by atoms with E-state index in [-0.39, 0.29) is 6.04 Å². The molecule has 102 valence electrons. The lowest BCUT2D eigenvalue weighted by atomic mass is 10.0. The first-order chi connectivity index (χ1) is 9.20. The van der Waals surface area contributed by atoms with Crippen LogP contribution in [0.3, 0.4) is 0 Å². The zero-order valence-electron chi connectivity index (χ0n) is 11.7. The van der Waals surface area contributed by atoms with Crippen LogP contribution >= 0.6 is 0 Å². The van der Waals surface area contributed by atoms with Crippen molar-refractivity contribution in [3.8, 4) is 0 Å². The second-order valence-electron chi connectivity index (χ2n) is 5.85. The predicted octanol–water partition coefficient (Wildman–Crippen LogP) is 3.02. The number of nitrogens with two attached hydrogens (primary N) is 1. The number of likely N-dealkylation sites (N-methyl/N-ethyl adjacent to an activating group) is 1. The number of benzene rings is 1. The van der Waals surface area contributed by atoms with E-state index in [9.17, 15) is 0 Å². The van der Waals surface area contributed by atoms with E-state index < -0.39 is 0 Å². The van der Waals surface area contributed by atoms with Crippen LogP contribution in [0.1, 0.15) is 24.9 Å². The van der Waals surface area contributed by atoms with E-state index in [1.165, 1.54) is 17.4 Å². The number of hydrogen-bond acceptors (Lipinski definition) is 3. The van der Waals surface area contributed by atoms with Gasteiger partial charge in [0.25, 0.3) is 0 Å². The Labute approximate surface area is 114 Å². The monoisotopic (exact) mass is 258 g/mol. The maximum atomic E-state index is 6.00. The van der Waals surface area contributed by atoms with Gasteiger partial charge in [-0.1, -0.05) is 25.1 Å². The van der Waals surface area contributed by atoms with Gasteiger partial charge < -0.3 is 10.2 Å². The number of rotatable bonds is 5. The fourth-order valence-corrected chi connectivity index (χ4v) is 2.95. The molecule has 3 unspecified atom stereocenters. The summed E-state index contributed by atoms with van der Waals surface area (Å²) in [5.41, 5.74) is 8.17. The first-order valence-electron chi connectivity index (χ1n) is 7.07. The number of para-hydroxylation sites is 1. The summed E-state index contributed by atoms with van der Waals surface area (Å²) in [5, 5.41) is 1.19. The molecule has 3 rings (SSSR count). The number of nitrogens with zero attached hydrogens (tertiary/aromatic N) is 1. The quantitative estimate of drug-likeness (QED) is 0.896. The normalized spacial score (nSPS) is 24.0. The molecule has 0 amide bonds. The van der Waals surface area contributed by atoms with Crippen LogP contribution < -0.4 is 5.73 Å². The van der Waals surface area contributed by atoms with E-state index in [0.717, 1.165) is 24.0 Å². The minimum Gasteiger partial charge on any atom is -0.464 e. The molecule has 0 aliphatic heterocycles. The Hall–Kier alpha value is -1.32. The highest BCUT2D eigenvalue weighted by Crippen LogP contribution is 2.39. The van der Waals surface area contributed by atoms with Crippen LogP contribution in [0.2, 0.25) is 0 Å². The molecule has 0 radical (unpaired) electrons. The van der Waals surface area contributed by atoms with Gasteiger partial charge in [-0.05, 0) is 31.4 Å². The topological polar surface area (TPSA) is 42.4 Å². The molecule has 19 heavy (non-hydrogen) atoms. The molecule has 0 saturated heterocycles. The van der Waals surface area contributed by atoms with Gasteiger partial charge in [0, 0.05) is 24.0 Å².